The molecule has 148 valence electrons. The molecule has 0 atom stereocenters. The third-order valence-corrected chi connectivity index (χ3v) is 5.17. The molecule has 1 saturated heterocycles. The number of hydrogen-bond acceptors (Lipinski definition) is 3. The Morgan fingerprint density at radius 1 is 0.929 bits per heavy atom. The van der Waals surface area contributed by atoms with Gasteiger partial charge in [0.1, 0.15) is 0 Å². The van der Waals surface area contributed by atoms with Crippen molar-refractivity contribution in [3.8, 4) is 0 Å². The largest absolute Gasteiger partial charge is 0.340 e. The molecule has 0 aliphatic carbocycles. The lowest BCUT2D eigenvalue weighted by Gasteiger charge is -2.34. The van der Waals surface area contributed by atoms with E-state index >= 15 is 0 Å². The minimum atomic E-state index is -0.0195. The molecule has 5 nitrogen and oxygen atoms in total. The third kappa shape index (κ3) is 6.36. The van der Waals surface area contributed by atoms with Crippen LogP contribution >= 0.6 is 11.6 Å². The van der Waals surface area contributed by atoms with E-state index in [2.05, 4.69) is 10.2 Å². The van der Waals surface area contributed by atoms with Gasteiger partial charge in [0.25, 0.3) is 0 Å². The zero-order valence-electron chi connectivity index (χ0n) is 15.9. The van der Waals surface area contributed by atoms with Crippen molar-refractivity contribution in [1.82, 2.24) is 9.80 Å². The highest BCUT2D eigenvalue weighted by Gasteiger charge is 2.22. The van der Waals surface area contributed by atoms with Crippen LogP contribution in [0.5, 0.6) is 0 Å². The lowest BCUT2D eigenvalue weighted by Crippen LogP contribution is -2.50. The second-order valence-electron chi connectivity index (χ2n) is 7.05. The molecule has 0 saturated carbocycles. The van der Waals surface area contributed by atoms with Crippen LogP contribution in [0.2, 0.25) is 5.02 Å². The summed E-state index contributed by atoms with van der Waals surface area (Å²) in [7, 11) is 0. The Kier molecular flexibility index (Phi) is 7.46. The van der Waals surface area contributed by atoms with Crippen molar-refractivity contribution in [2.45, 2.75) is 19.3 Å². The van der Waals surface area contributed by atoms with Gasteiger partial charge < -0.3 is 10.2 Å². The van der Waals surface area contributed by atoms with Gasteiger partial charge in [-0.25, -0.2) is 0 Å². The van der Waals surface area contributed by atoms with Gasteiger partial charge in [-0.15, -0.1) is 0 Å². The van der Waals surface area contributed by atoms with Gasteiger partial charge in [-0.2, -0.15) is 0 Å². The molecule has 3 rings (SSSR count). The number of nitrogens with zero attached hydrogens (tertiary/aromatic N) is 2. The van der Waals surface area contributed by atoms with E-state index in [0.717, 1.165) is 36.6 Å². The number of halogens is 1. The number of piperazine rings is 1. The first kappa shape index (κ1) is 20.4. The number of aryl methyl sites for hydroxylation is 1. The Balaban J connectivity index is 1.34. The van der Waals surface area contributed by atoms with Crippen molar-refractivity contribution >= 4 is 29.1 Å². The molecule has 0 unspecified atom stereocenters. The first-order chi connectivity index (χ1) is 13.6. The summed E-state index contributed by atoms with van der Waals surface area (Å²) in [6.07, 6.45) is 2.26. The predicted octanol–water partition coefficient (Wildman–Crippen LogP) is 3.45. The Hall–Kier alpha value is -2.37. The maximum atomic E-state index is 12.4. The Bertz CT molecular complexity index is 772. The zero-order chi connectivity index (χ0) is 19.8. The van der Waals surface area contributed by atoms with Gasteiger partial charge in [0.2, 0.25) is 11.8 Å². The van der Waals surface area contributed by atoms with Crippen molar-refractivity contribution in [2.24, 2.45) is 0 Å². The van der Waals surface area contributed by atoms with Crippen LogP contribution in [0.1, 0.15) is 18.4 Å². The Labute approximate surface area is 171 Å². The number of carbonyl (C=O) groups is 2. The molecule has 2 amide bonds. The molecule has 0 spiro atoms. The number of anilines is 1. The number of amides is 2. The molecule has 1 N–H and O–H groups in total. The molecule has 2 aromatic carbocycles. The summed E-state index contributed by atoms with van der Waals surface area (Å²) in [5, 5.41) is 3.63. The molecule has 0 bridgehead atoms. The van der Waals surface area contributed by atoms with Crippen molar-refractivity contribution in [2.75, 3.05) is 38.0 Å². The summed E-state index contributed by atoms with van der Waals surface area (Å²) < 4.78 is 0. The molecular formula is C22H26ClN3O2. The average molecular weight is 400 g/mol. The molecule has 1 heterocycles. The highest BCUT2D eigenvalue weighted by molar-refractivity contribution is 6.30. The Morgan fingerprint density at radius 2 is 1.61 bits per heavy atom. The number of para-hydroxylation sites is 1. The fourth-order valence-corrected chi connectivity index (χ4v) is 3.46. The van der Waals surface area contributed by atoms with Crippen LogP contribution < -0.4 is 5.32 Å². The Morgan fingerprint density at radius 3 is 2.29 bits per heavy atom. The molecule has 0 aromatic heterocycles. The van der Waals surface area contributed by atoms with Crippen molar-refractivity contribution in [1.29, 1.82) is 0 Å². The van der Waals surface area contributed by atoms with Crippen LogP contribution in [-0.2, 0) is 16.0 Å². The van der Waals surface area contributed by atoms with Crippen LogP contribution in [-0.4, -0.2) is 54.3 Å². The van der Waals surface area contributed by atoms with E-state index in [1.165, 1.54) is 5.56 Å². The SMILES string of the molecule is O=C(CN1CCN(C(=O)CCCc2ccc(Cl)cc2)CC1)Nc1ccccc1. The maximum absolute atomic E-state index is 12.4. The van der Waals surface area contributed by atoms with E-state index in [1.807, 2.05) is 59.5 Å². The van der Waals surface area contributed by atoms with Crippen LogP contribution in [0, 0.1) is 0 Å². The summed E-state index contributed by atoms with van der Waals surface area (Å²) >= 11 is 5.89. The van der Waals surface area contributed by atoms with Crippen LogP contribution in [0.25, 0.3) is 0 Å². The van der Waals surface area contributed by atoms with Crippen LogP contribution in [0.15, 0.2) is 54.6 Å². The van der Waals surface area contributed by atoms with Gasteiger partial charge >= 0.3 is 0 Å². The number of hydrogen-bond donors (Lipinski definition) is 1. The summed E-state index contributed by atoms with van der Waals surface area (Å²) in [5.74, 6) is 0.177. The molecular weight excluding hydrogens is 374 g/mol. The normalized spacial score (nSPS) is 14.7. The van der Waals surface area contributed by atoms with Gasteiger partial charge in [0, 0.05) is 43.3 Å². The smallest absolute Gasteiger partial charge is 0.238 e. The van der Waals surface area contributed by atoms with Crippen LogP contribution in [0.3, 0.4) is 0 Å². The lowest BCUT2D eigenvalue weighted by atomic mass is 10.1. The maximum Gasteiger partial charge on any atom is 0.238 e. The lowest BCUT2D eigenvalue weighted by molar-refractivity contribution is -0.133. The van der Waals surface area contributed by atoms with Gasteiger partial charge in [-0.3, -0.25) is 14.5 Å². The fourth-order valence-electron chi connectivity index (χ4n) is 3.33. The van der Waals surface area contributed by atoms with E-state index < -0.39 is 0 Å². The van der Waals surface area contributed by atoms with E-state index in [-0.39, 0.29) is 11.8 Å². The number of benzene rings is 2. The number of rotatable bonds is 7. The monoisotopic (exact) mass is 399 g/mol. The second kappa shape index (κ2) is 10.2. The minimum absolute atomic E-state index is 0.0195. The van der Waals surface area contributed by atoms with E-state index in [0.29, 0.717) is 26.1 Å². The minimum Gasteiger partial charge on any atom is -0.340 e. The number of carbonyl (C=O) groups excluding carboxylic acids is 2. The molecule has 6 heteroatoms. The summed E-state index contributed by atoms with van der Waals surface area (Å²) in [4.78, 5) is 28.6. The van der Waals surface area contributed by atoms with E-state index in [9.17, 15) is 9.59 Å². The highest BCUT2D eigenvalue weighted by Crippen LogP contribution is 2.13. The first-order valence-corrected chi connectivity index (χ1v) is 10.1. The summed E-state index contributed by atoms with van der Waals surface area (Å²) in [5.41, 5.74) is 2.01. The molecule has 28 heavy (non-hydrogen) atoms. The second-order valence-corrected chi connectivity index (χ2v) is 7.49. The van der Waals surface area contributed by atoms with Crippen molar-refractivity contribution < 1.29 is 9.59 Å². The zero-order valence-corrected chi connectivity index (χ0v) is 16.7. The summed E-state index contributed by atoms with van der Waals surface area (Å²) in [6.45, 7) is 3.17. The van der Waals surface area contributed by atoms with Gasteiger partial charge in [-0.05, 0) is 42.7 Å². The predicted molar refractivity (Wildman–Crippen MR) is 112 cm³/mol. The highest BCUT2D eigenvalue weighted by atomic mass is 35.5. The molecule has 1 fully saturated rings. The van der Waals surface area contributed by atoms with Crippen molar-refractivity contribution in [3.63, 3.8) is 0 Å². The fraction of sp³-hybridized carbons (Fsp3) is 0.364. The third-order valence-electron chi connectivity index (χ3n) is 4.92. The standard InChI is InChI=1S/C22H26ClN3O2/c23-19-11-9-18(10-12-19)5-4-8-22(28)26-15-13-25(14-16-26)17-21(27)24-20-6-2-1-3-7-20/h1-3,6-7,9-12H,4-5,8,13-17H2,(H,24,27). The van der Waals surface area contributed by atoms with E-state index in [4.69, 9.17) is 11.6 Å². The van der Waals surface area contributed by atoms with Gasteiger partial charge in [0.15, 0.2) is 0 Å². The molecule has 2 aromatic rings. The van der Waals surface area contributed by atoms with Crippen molar-refractivity contribution in [3.05, 3.63) is 65.2 Å². The summed E-state index contributed by atoms with van der Waals surface area (Å²) in [6, 6.07) is 17.2. The molecule has 0 radical (unpaired) electrons. The first-order valence-electron chi connectivity index (χ1n) is 9.69. The number of nitrogens with one attached hydrogen (secondary N) is 1. The van der Waals surface area contributed by atoms with Crippen LogP contribution in [0.4, 0.5) is 5.69 Å². The van der Waals surface area contributed by atoms with Gasteiger partial charge in [-0.1, -0.05) is 41.9 Å². The molecule has 1 aliphatic heterocycles. The topological polar surface area (TPSA) is 52.7 Å². The average Bonchev–Trinajstić information content (AvgIpc) is 2.70. The van der Waals surface area contributed by atoms with Gasteiger partial charge in [0.05, 0.1) is 6.54 Å². The van der Waals surface area contributed by atoms with E-state index in [1.54, 1.807) is 0 Å². The quantitative estimate of drug-likeness (QED) is 0.775. The molecule has 1 aliphatic rings.